The Balaban J connectivity index is 2.16. The van der Waals surface area contributed by atoms with Gasteiger partial charge in [0.1, 0.15) is 0 Å². The van der Waals surface area contributed by atoms with Gasteiger partial charge < -0.3 is 10.5 Å². The van der Waals surface area contributed by atoms with Crippen molar-refractivity contribution >= 4 is 32.7 Å². The zero-order valence-corrected chi connectivity index (χ0v) is 13.8. The van der Waals surface area contributed by atoms with Gasteiger partial charge >= 0.3 is 12.1 Å². The Morgan fingerprint density at radius 2 is 2.08 bits per heavy atom. The van der Waals surface area contributed by atoms with Crippen molar-refractivity contribution in [3.05, 3.63) is 47.5 Å². The maximum atomic E-state index is 13.0. The molecule has 25 heavy (non-hydrogen) atoms. The standard InChI is InChI=1S/C17H12F3N2O2S/c1-2-24-15(23)12-8-10(17(18,19)20)4-5-11(12)9-3-6-14-13(7-9)22-16(21)25-14/h3-6,8H,2H2,1H3,(H2,21,22). The predicted molar refractivity (Wildman–Crippen MR) is 89.3 cm³/mol. The van der Waals surface area contributed by atoms with Gasteiger partial charge in [0.25, 0.3) is 0 Å². The molecule has 3 aromatic rings. The van der Waals surface area contributed by atoms with Crippen LogP contribution in [0.15, 0.2) is 30.3 Å². The van der Waals surface area contributed by atoms with Crippen LogP contribution in [-0.2, 0) is 10.9 Å². The molecule has 0 saturated carbocycles. The lowest BCUT2D eigenvalue weighted by Crippen LogP contribution is -2.11. The number of aromatic nitrogens is 1. The smallest absolute Gasteiger partial charge is 0.416 e. The van der Waals surface area contributed by atoms with Gasteiger partial charge in [-0.3, -0.25) is 0 Å². The summed E-state index contributed by atoms with van der Waals surface area (Å²) in [5, 5.41) is 0.362. The summed E-state index contributed by atoms with van der Waals surface area (Å²) in [5.74, 6) is -0.824. The van der Waals surface area contributed by atoms with Gasteiger partial charge in [-0.25, -0.2) is 9.78 Å². The van der Waals surface area contributed by atoms with Gasteiger partial charge in [-0.1, -0.05) is 23.5 Å². The van der Waals surface area contributed by atoms with Crippen molar-refractivity contribution in [3.63, 3.8) is 0 Å². The van der Waals surface area contributed by atoms with Crippen LogP contribution in [0.5, 0.6) is 0 Å². The lowest BCUT2D eigenvalue weighted by Gasteiger charge is -2.13. The highest BCUT2D eigenvalue weighted by Gasteiger charge is 2.32. The molecule has 1 aromatic heterocycles. The van der Waals surface area contributed by atoms with E-state index >= 15 is 0 Å². The Morgan fingerprint density at radius 3 is 2.76 bits per heavy atom. The molecule has 0 amide bonds. The average Bonchev–Trinajstić information content (AvgIpc) is 2.92. The Morgan fingerprint density at radius 1 is 1.32 bits per heavy atom. The predicted octanol–water partition coefficient (Wildman–Crippen LogP) is 4.54. The number of hydrogen-bond donors (Lipinski definition) is 1. The summed E-state index contributed by atoms with van der Waals surface area (Å²) in [6.45, 7) is 1.64. The summed E-state index contributed by atoms with van der Waals surface area (Å²) in [6.07, 6.45) is -4.56. The molecule has 2 aromatic carbocycles. The van der Waals surface area contributed by atoms with E-state index in [4.69, 9.17) is 10.5 Å². The third-order valence-electron chi connectivity index (χ3n) is 3.46. The van der Waals surface area contributed by atoms with E-state index in [1.165, 1.54) is 17.4 Å². The van der Waals surface area contributed by atoms with Crippen LogP contribution < -0.4 is 5.73 Å². The number of nitrogens with two attached hydrogens (primary N) is 1. The molecule has 8 heteroatoms. The van der Waals surface area contributed by atoms with Crippen molar-refractivity contribution in [1.29, 1.82) is 0 Å². The first-order chi connectivity index (χ1) is 11.8. The highest BCUT2D eigenvalue weighted by molar-refractivity contribution is 7.22. The Bertz CT molecular complexity index is 951. The SMILES string of the molecule is CCOC(=O)c1cc(C(F)(F)F)ccc1-c1[c]c2nc(N)sc2cc1. The number of ether oxygens (including phenoxy) is 1. The number of benzene rings is 2. The van der Waals surface area contributed by atoms with E-state index in [1.54, 1.807) is 19.1 Å². The van der Waals surface area contributed by atoms with E-state index in [0.29, 0.717) is 21.8 Å². The lowest BCUT2D eigenvalue weighted by molar-refractivity contribution is -0.137. The summed E-state index contributed by atoms with van der Waals surface area (Å²) >= 11 is 1.28. The van der Waals surface area contributed by atoms with E-state index < -0.39 is 17.7 Å². The van der Waals surface area contributed by atoms with E-state index in [0.717, 1.165) is 16.8 Å². The molecule has 0 aliphatic carbocycles. The molecular weight excluding hydrogens is 353 g/mol. The second-order valence-corrected chi connectivity index (χ2v) is 6.18. The third-order valence-corrected chi connectivity index (χ3v) is 4.31. The molecule has 2 N–H and O–H groups in total. The monoisotopic (exact) mass is 365 g/mol. The zero-order chi connectivity index (χ0) is 18.2. The van der Waals surface area contributed by atoms with Crippen LogP contribution >= 0.6 is 11.3 Å². The van der Waals surface area contributed by atoms with Gasteiger partial charge in [0, 0.05) is 6.07 Å². The van der Waals surface area contributed by atoms with Gasteiger partial charge in [-0.2, -0.15) is 13.2 Å². The Kier molecular flexibility index (Phi) is 4.38. The number of hydrogen-bond acceptors (Lipinski definition) is 5. The molecule has 129 valence electrons. The fourth-order valence-electron chi connectivity index (χ4n) is 2.37. The van der Waals surface area contributed by atoms with Gasteiger partial charge in [0.05, 0.1) is 28.0 Å². The van der Waals surface area contributed by atoms with Gasteiger partial charge in [0.15, 0.2) is 5.13 Å². The molecule has 0 saturated heterocycles. The number of anilines is 1. The Hall–Kier alpha value is -2.61. The summed E-state index contributed by atoms with van der Waals surface area (Å²) in [4.78, 5) is 16.3. The van der Waals surface area contributed by atoms with Crippen molar-refractivity contribution in [2.45, 2.75) is 13.1 Å². The Labute approximate surface area is 145 Å². The second-order valence-electron chi connectivity index (χ2n) is 5.12. The number of fused-ring (bicyclic) bond motifs is 1. The number of nitrogens with zero attached hydrogens (tertiary/aromatic N) is 1. The van der Waals surface area contributed by atoms with E-state index in [-0.39, 0.29) is 12.2 Å². The molecule has 4 nitrogen and oxygen atoms in total. The first kappa shape index (κ1) is 17.2. The fourth-order valence-corrected chi connectivity index (χ4v) is 3.06. The molecule has 1 heterocycles. The molecule has 3 rings (SSSR count). The number of carbonyl (C=O) groups excluding carboxylic acids is 1. The molecule has 0 unspecified atom stereocenters. The first-order valence-electron chi connectivity index (χ1n) is 7.26. The van der Waals surface area contributed by atoms with Crippen molar-refractivity contribution in [2.75, 3.05) is 12.3 Å². The van der Waals surface area contributed by atoms with E-state index in [2.05, 4.69) is 11.1 Å². The summed E-state index contributed by atoms with van der Waals surface area (Å²) in [5.41, 5.74) is 5.79. The maximum absolute atomic E-state index is 13.0. The summed E-state index contributed by atoms with van der Waals surface area (Å²) in [6, 6.07) is 9.34. The van der Waals surface area contributed by atoms with Crippen LogP contribution in [0.1, 0.15) is 22.8 Å². The van der Waals surface area contributed by atoms with Crippen molar-refractivity contribution in [2.24, 2.45) is 0 Å². The molecular formula is C17H12F3N2O2S. The van der Waals surface area contributed by atoms with Gasteiger partial charge in [0.2, 0.25) is 0 Å². The van der Waals surface area contributed by atoms with Crippen LogP contribution in [0.25, 0.3) is 21.3 Å². The van der Waals surface area contributed by atoms with Crippen molar-refractivity contribution < 1.29 is 22.7 Å². The lowest BCUT2D eigenvalue weighted by atomic mass is 9.97. The number of esters is 1. The summed E-state index contributed by atoms with van der Waals surface area (Å²) < 4.78 is 44.6. The molecule has 0 aliphatic rings. The van der Waals surface area contributed by atoms with Gasteiger partial charge in [-0.15, -0.1) is 0 Å². The highest BCUT2D eigenvalue weighted by atomic mass is 32.1. The van der Waals surface area contributed by atoms with E-state index in [9.17, 15) is 18.0 Å². The molecule has 0 fully saturated rings. The number of rotatable bonds is 3. The zero-order valence-electron chi connectivity index (χ0n) is 13.0. The topological polar surface area (TPSA) is 65.2 Å². The number of halogens is 3. The maximum Gasteiger partial charge on any atom is 0.416 e. The largest absolute Gasteiger partial charge is 0.462 e. The number of nitrogen functional groups attached to an aromatic ring is 1. The minimum Gasteiger partial charge on any atom is -0.462 e. The number of carbonyl (C=O) groups is 1. The third kappa shape index (κ3) is 3.43. The van der Waals surface area contributed by atoms with Crippen LogP contribution in [0, 0.1) is 6.07 Å². The molecule has 0 aliphatic heterocycles. The minimum atomic E-state index is -4.56. The highest BCUT2D eigenvalue weighted by Crippen LogP contribution is 2.35. The number of thiazole rings is 1. The summed E-state index contributed by atoms with van der Waals surface area (Å²) in [7, 11) is 0. The normalized spacial score (nSPS) is 11.7. The van der Waals surface area contributed by atoms with Crippen molar-refractivity contribution in [3.8, 4) is 11.1 Å². The van der Waals surface area contributed by atoms with Crippen LogP contribution in [0.3, 0.4) is 0 Å². The quantitative estimate of drug-likeness (QED) is 0.692. The second kappa shape index (κ2) is 6.36. The van der Waals surface area contributed by atoms with Crippen LogP contribution in [-0.4, -0.2) is 17.6 Å². The average molecular weight is 365 g/mol. The van der Waals surface area contributed by atoms with Crippen molar-refractivity contribution in [1.82, 2.24) is 4.98 Å². The van der Waals surface area contributed by atoms with Gasteiger partial charge in [-0.05, 0) is 36.2 Å². The van der Waals surface area contributed by atoms with E-state index in [1.807, 2.05) is 0 Å². The minimum absolute atomic E-state index is 0.0554. The molecule has 0 atom stereocenters. The number of alkyl halides is 3. The molecule has 0 spiro atoms. The van der Waals surface area contributed by atoms with Crippen LogP contribution in [0.4, 0.5) is 18.3 Å². The molecule has 0 bridgehead atoms. The molecule has 1 radical (unpaired) electrons. The van der Waals surface area contributed by atoms with Crippen LogP contribution in [0.2, 0.25) is 0 Å². The fraction of sp³-hybridized carbons (Fsp3) is 0.176. The first-order valence-corrected chi connectivity index (χ1v) is 8.08.